The summed E-state index contributed by atoms with van der Waals surface area (Å²) in [6.45, 7) is 0.857. The Labute approximate surface area is 162 Å². The first kappa shape index (κ1) is 18.7. The summed E-state index contributed by atoms with van der Waals surface area (Å²) in [6.07, 6.45) is 3.66. The van der Waals surface area contributed by atoms with E-state index in [4.69, 9.17) is 4.42 Å². The number of furan rings is 1. The molecule has 1 aromatic heterocycles. The van der Waals surface area contributed by atoms with Crippen molar-refractivity contribution in [2.45, 2.75) is 36.6 Å². The Kier molecular flexibility index (Phi) is 4.94. The van der Waals surface area contributed by atoms with Gasteiger partial charge in [0, 0.05) is 31.2 Å². The van der Waals surface area contributed by atoms with Crippen LogP contribution in [0.5, 0.6) is 0 Å². The number of hydrogen-bond acceptors (Lipinski definition) is 5. The quantitative estimate of drug-likeness (QED) is 0.808. The lowest BCUT2D eigenvalue weighted by molar-refractivity contribution is -0.116. The minimum Gasteiger partial charge on any atom is -0.459 e. The Morgan fingerprint density at radius 2 is 2.11 bits per heavy atom. The Morgan fingerprint density at radius 1 is 1.25 bits per heavy atom. The SMILES string of the molecule is O=C1CCc2cc(S(=O)(=O)NC3CCCN(C(=O)c4ccco4)C3)ccc2N1. The van der Waals surface area contributed by atoms with Crippen LogP contribution >= 0.6 is 0 Å². The van der Waals surface area contributed by atoms with Crippen LogP contribution in [0.4, 0.5) is 5.69 Å². The van der Waals surface area contributed by atoms with Crippen LogP contribution in [0, 0.1) is 0 Å². The summed E-state index contributed by atoms with van der Waals surface area (Å²) < 4.78 is 33.5. The van der Waals surface area contributed by atoms with E-state index in [2.05, 4.69) is 10.0 Å². The van der Waals surface area contributed by atoms with Crippen LogP contribution in [0.25, 0.3) is 0 Å². The standard InChI is InChI=1S/C19H21N3O5S/c23-18-8-5-13-11-15(6-7-16(13)20-18)28(25,26)21-14-3-1-9-22(12-14)19(24)17-4-2-10-27-17/h2,4,6-7,10-11,14,21H,1,3,5,8-9,12H2,(H,20,23). The molecule has 0 radical (unpaired) electrons. The number of rotatable bonds is 4. The molecule has 0 aliphatic carbocycles. The van der Waals surface area contributed by atoms with Gasteiger partial charge in [0.1, 0.15) is 0 Å². The average Bonchev–Trinajstić information content (AvgIpc) is 3.21. The number of nitrogens with zero attached hydrogens (tertiary/aromatic N) is 1. The monoisotopic (exact) mass is 403 g/mol. The number of sulfonamides is 1. The molecule has 0 spiro atoms. The summed E-state index contributed by atoms with van der Waals surface area (Å²) in [7, 11) is -3.73. The summed E-state index contributed by atoms with van der Waals surface area (Å²) >= 11 is 0. The Hall–Kier alpha value is -2.65. The Morgan fingerprint density at radius 3 is 2.89 bits per heavy atom. The van der Waals surface area contributed by atoms with Gasteiger partial charge in [0.05, 0.1) is 11.2 Å². The van der Waals surface area contributed by atoms with Gasteiger partial charge in [-0.15, -0.1) is 0 Å². The number of aryl methyl sites for hydroxylation is 1. The van der Waals surface area contributed by atoms with Crippen LogP contribution in [0.1, 0.15) is 35.4 Å². The molecular weight excluding hydrogens is 382 g/mol. The van der Waals surface area contributed by atoms with Crippen molar-refractivity contribution in [2.24, 2.45) is 0 Å². The second-order valence-corrected chi connectivity index (χ2v) is 8.77. The highest BCUT2D eigenvalue weighted by molar-refractivity contribution is 7.89. The zero-order valence-corrected chi connectivity index (χ0v) is 16.0. The van der Waals surface area contributed by atoms with Gasteiger partial charge in [-0.2, -0.15) is 0 Å². The number of amides is 2. The van der Waals surface area contributed by atoms with Crippen molar-refractivity contribution in [3.8, 4) is 0 Å². The summed E-state index contributed by atoms with van der Waals surface area (Å²) in [6, 6.07) is 7.59. The zero-order chi connectivity index (χ0) is 19.7. The second-order valence-electron chi connectivity index (χ2n) is 7.06. The predicted molar refractivity (Wildman–Crippen MR) is 101 cm³/mol. The maximum absolute atomic E-state index is 12.8. The van der Waals surface area contributed by atoms with E-state index in [9.17, 15) is 18.0 Å². The van der Waals surface area contributed by atoms with Gasteiger partial charge >= 0.3 is 0 Å². The number of nitrogens with one attached hydrogen (secondary N) is 2. The van der Waals surface area contributed by atoms with Crippen molar-refractivity contribution in [2.75, 3.05) is 18.4 Å². The van der Waals surface area contributed by atoms with Gasteiger partial charge in [0.25, 0.3) is 5.91 Å². The lowest BCUT2D eigenvalue weighted by Gasteiger charge is -2.32. The Balaban J connectivity index is 1.47. The molecule has 2 aliphatic rings. The molecule has 1 unspecified atom stereocenters. The van der Waals surface area contributed by atoms with E-state index in [1.807, 2.05) is 0 Å². The topological polar surface area (TPSA) is 109 Å². The summed E-state index contributed by atoms with van der Waals surface area (Å²) in [5.41, 5.74) is 1.46. The van der Waals surface area contributed by atoms with Crippen molar-refractivity contribution in [3.05, 3.63) is 47.9 Å². The highest BCUT2D eigenvalue weighted by Crippen LogP contribution is 2.26. The third-order valence-electron chi connectivity index (χ3n) is 5.04. The number of fused-ring (bicyclic) bond motifs is 1. The number of anilines is 1. The van der Waals surface area contributed by atoms with Crippen LogP contribution in [-0.4, -0.2) is 44.3 Å². The van der Waals surface area contributed by atoms with Crippen LogP contribution in [0.15, 0.2) is 45.9 Å². The van der Waals surface area contributed by atoms with Crippen LogP contribution in [0.2, 0.25) is 0 Å². The second kappa shape index (κ2) is 7.40. The molecule has 0 bridgehead atoms. The van der Waals surface area contributed by atoms with Gasteiger partial charge in [-0.25, -0.2) is 13.1 Å². The number of benzene rings is 1. The smallest absolute Gasteiger partial charge is 0.289 e. The van der Waals surface area contributed by atoms with Crippen molar-refractivity contribution in [1.29, 1.82) is 0 Å². The van der Waals surface area contributed by atoms with Crippen molar-refractivity contribution < 1.29 is 22.4 Å². The molecule has 3 heterocycles. The third kappa shape index (κ3) is 3.81. The molecule has 2 amide bonds. The molecule has 9 heteroatoms. The fourth-order valence-corrected chi connectivity index (χ4v) is 4.94. The van der Waals surface area contributed by atoms with Crippen molar-refractivity contribution in [3.63, 3.8) is 0 Å². The van der Waals surface area contributed by atoms with Gasteiger partial charge in [0.2, 0.25) is 15.9 Å². The van der Waals surface area contributed by atoms with Gasteiger partial charge in [-0.3, -0.25) is 9.59 Å². The van der Waals surface area contributed by atoms with E-state index in [1.165, 1.54) is 12.3 Å². The molecule has 1 aromatic carbocycles. The molecule has 8 nitrogen and oxygen atoms in total. The fraction of sp³-hybridized carbons (Fsp3) is 0.368. The molecule has 1 atom stereocenters. The van der Waals surface area contributed by atoms with Crippen LogP contribution in [0.3, 0.4) is 0 Å². The first-order chi connectivity index (χ1) is 13.4. The first-order valence-corrected chi connectivity index (χ1v) is 10.7. The van der Waals surface area contributed by atoms with Crippen LogP contribution < -0.4 is 10.0 Å². The summed E-state index contributed by atoms with van der Waals surface area (Å²) in [5, 5.41) is 2.74. The largest absolute Gasteiger partial charge is 0.459 e. The van der Waals surface area contributed by atoms with Crippen LogP contribution in [-0.2, 0) is 21.2 Å². The highest BCUT2D eigenvalue weighted by atomic mass is 32.2. The van der Waals surface area contributed by atoms with Crippen molar-refractivity contribution >= 4 is 27.5 Å². The minimum absolute atomic E-state index is 0.0650. The lowest BCUT2D eigenvalue weighted by atomic mass is 10.0. The zero-order valence-electron chi connectivity index (χ0n) is 15.2. The molecule has 2 aromatic rings. The average molecular weight is 403 g/mol. The third-order valence-corrected chi connectivity index (χ3v) is 6.56. The molecule has 2 N–H and O–H groups in total. The van der Waals surface area contributed by atoms with Gasteiger partial charge in [-0.05, 0) is 55.2 Å². The van der Waals surface area contributed by atoms with Crippen molar-refractivity contribution in [1.82, 2.24) is 9.62 Å². The molecule has 148 valence electrons. The van der Waals surface area contributed by atoms with E-state index in [-0.39, 0.29) is 28.5 Å². The number of carbonyl (C=O) groups is 2. The number of piperidine rings is 1. The van der Waals surface area contributed by atoms with Gasteiger partial charge < -0.3 is 14.6 Å². The van der Waals surface area contributed by atoms with Gasteiger partial charge in [0.15, 0.2) is 5.76 Å². The van der Waals surface area contributed by atoms with E-state index in [1.54, 1.807) is 29.2 Å². The molecule has 1 fully saturated rings. The summed E-state index contributed by atoms with van der Waals surface area (Å²) in [4.78, 5) is 25.7. The molecular formula is C19H21N3O5S. The first-order valence-electron chi connectivity index (χ1n) is 9.20. The molecule has 0 saturated carbocycles. The summed E-state index contributed by atoms with van der Waals surface area (Å²) in [5.74, 6) is -0.0524. The van der Waals surface area contributed by atoms with E-state index in [0.29, 0.717) is 44.5 Å². The lowest BCUT2D eigenvalue weighted by Crippen LogP contribution is -2.49. The Bertz CT molecular complexity index is 1000. The number of likely N-dealkylation sites (tertiary alicyclic amines) is 1. The highest BCUT2D eigenvalue weighted by Gasteiger charge is 2.29. The molecule has 28 heavy (non-hydrogen) atoms. The predicted octanol–water partition coefficient (Wildman–Crippen LogP) is 1.75. The molecule has 2 aliphatic heterocycles. The van der Waals surface area contributed by atoms with Gasteiger partial charge in [-0.1, -0.05) is 0 Å². The van der Waals surface area contributed by atoms with E-state index >= 15 is 0 Å². The number of carbonyl (C=O) groups excluding carboxylic acids is 2. The minimum atomic E-state index is -3.73. The normalized spacial score (nSPS) is 19.8. The maximum Gasteiger partial charge on any atom is 0.289 e. The maximum atomic E-state index is 12.8. The molecule has 4 rings (SSSR count). The van der Waals surface area contributed by atoms with E-state index < -0.39 is 10.0 Å². The van der Waals surface area contributed by atoms with E-state index in [0.717, 1.165) is 5.56 Å². The fourth-order valence-electron chi connectivity index (χ4n) is 3.63. The molecule has 1 saturated heterocycles. The number of hydrogen-bond donors (Lipinski definition) is 2.